The monoisotopic (exact) mass is 300 g/mol. The van der Waals surface area contributed by atoms with Crippen LogP contribution in [0.3, 0.4) is 0 Å². The van der Waals surface area contributed by atoms with Crippen molar-refractivity contribution in [1.29, 1.82) is 0 Å². The summed E-state index contributed by atoms with van der Waals surface area (Å²) in [6.45, 7) is 0. The zero-order valence-electron chi connectivity index (χ0n) is 10.7. The molecule has 0 unspecified atom stereocenters. The molecule has 0 aromatic carbocycles. The molecule has 0 bridgehead atoms. The van der Waals surface area contributed by atoms with Crippen LogP contribution < -0.4 is 7.12 Å². The second-order valence-corrected chi connectivity index (χ2v) is 7.80. The van der Waals surface area contributed by atoms with Crippen LogP contribution in [0.5, 0.6) is 0 Å². The average molecular weight is 299 g/mol. The Morgan fingerprint density at radius 3 is 1.47 bits per heavy atom. The molecule has 0 saturated heterocycles. The van der Waals surface area contributed by atoms with Crippen LogP contribution in [0.25, 0.3) is 0 Å². The molecule has 2 aliphatic carbocycles. The van der Waals surface area contributed by atoms with Crippen molar-refractivity contribution in [2.75, 3.05) is 0 Å². The van der Waals surface area contributed by atoms with Crippen molar-refractivity contribution in [3.8, 4) is 0 Å². The zero-order chi connectivity index (χ0) is 11.5. The molecule has 3 heteroatoms. The van der Waals surface area contributed by atoms with Gasteiger partial charge in [-0.2, -0.15) is 0 Å². The minimum absolute atomic E-state index is 0.573. The van der Waals surface area contributed by atoms with Gasteiger partial charge in [-0.15, -0.1) is 0 Å². The van der Waals surface area contributed by atoms with Crippen molar-refractivity contribution in [3.05, 3.63) is 12.4 Å². The van der Waals surface area contributed by atoms with E-state index in [1.807, 2.05) is 0 Å². The molecular weight excluding hydrogens is 275 g/mol. The Labute approximate surface area is 111 Å². The van der Waals surface area contributed by atoms with Crippen molar-refractivity contribution >= 4 is 15.0 Å². The maximum atomic E-state index is 2.67. The van der Waals surface area contributed by atoms with E-state index in [0.717, 1.165) is 12.1 Å². The van der Waals surface area contributed by atoms with Gasteiger partial charge in [0.15, 0.2) is 0 Å². The Balaban J connectivity index is 1.68. The van der Waals surface area contributed by atoms with Crippen LogP contribution in [0.1, 0.15) is 76.3 Å². The fraction of sp³-hybridized carbons (Fsp3) is 0.857. The van der Waals surface area contributed by atoms with Gasteiger partial charge in [-0.1, -0.05) is 0 Å². The average Bonchev–Trinajstić information content (AvgIpc) is 2.90. The molecule has 94 valence electrons. The van der Waals surface area contributed by atoms with E-state index < -0.39 is 0 Å². The summed E-state index contributed by atoms with van der Waals surface area (Å²) in [4.78, 5) is 0. The van der Waals surface area contributed by atoms with Crippen LogP contribution in [0.4, 0.5) is 0 Å². The predicted octanol–water partition coefficient (Wildman–Crippen LogP) is 2.33. The van der Waals surface area contributed by atoms with Gasteiger partial charge in [0.1, 0.15) is 0 Å². The molecular formula is C14H24N2Se+2. The van der Waals surface area contributed by atoms with Gasteiger partial charge < -0.3 is 0 Å². The van der Waals surface area contributed by atoms with Gasteiger partial charge in [-0.05, 0) is 0 Å². The van der Waals surface area contributed by atoms with E-state index in [1.54, 1.807) is 0 Å². The van der Waals surface area contributed by atoms with Crippen molar-refractivity contribution in [1.82, 2.24) is 0 Å². The second kappa shape index (κ2) is 5.67. The van der Waals surface area contributed by atoms with Crippen molar-refractivity contribution in [3.63, 3.8) is 0 Å². The van der Waals surface area contributed by atoms with Gasteiger partial charge in [0.25, 0.3) is 0 Å². The van der Waals surface area contributed by atoms with Crippen LogP contribution in [-0.2, 0) is 0 Å². The Morgan fingerprint density at radius 1 is 0.647 bits per heavy atom. The van der Waals surface area contributed by atoms with Gasteiger partial charge in [0.2, 0.25) is 0 Å². The summed E-state index contributed by atoms with van der Waals surface area (Å²) in [5.41, 5.74) is 0. The van der Waals surface area contributed by atoms with Crippen molar-refractivity contribution < 1.29 is 7.12 Å². The van der Waals surface area contributed by atoms with Crippen LogP contribution >= 0.6 is 0 Å². The van der Waals surface area contributed by atoms with Crippen LogP contribution in [0.2, 0.25) is 0 Å². The summed E-state index contributed by atoms with van der Waals surface area (Å²) in [6.07, 6.45) is 19.3. The van der Waals surface area contributed by atoms with Crippen molar-refractivity contribution in [2.45, 2.75) is 76.3 Å². The predicted molar refractivity (Wildman–Crippen MR) is 68.0 cm³/mol. The first-order chi connectivity index (χ1) is 8.43. The molecule has 2 saturated carbocycles. The van der Waals surface area contributed by atoms with Gasteiger partial charge in [-0.25, -0.2) is 0 Å². The molecule has 0 amide bonds. The van der Waals surface area contributed by atoms with Crippen LogP contribution in [-0.4, -0.2) is 15.0 Å². The number of hydrogen-bond donors (Lipinski definition) is 0. The first kappa shape index (κ1) is 11.9. The molecule has 1 heterocycles. The normalized spacial score (nSPS) is 24.0. The van der Waals surface area contributed by atoms with E-state index >= 15 is 0 Å². The fourth-order valence-corrected chi connectivity index (χ4v) is 5.70. The summed E-state index contributed by atoms with van der Waals surface area (Å²) < 4.78 is 5.33. The SMILES string of the molecule is c1c[n+](C2CCCCC2)[se][n+]1C1CCCCC1. The third-order valence-electron chi connectivity index (χ3n) is 4.42. The van der Waals surface area contributed by atoms with E-state index in [2.05, 4.69) is 19.5 Å². The molecule has 1 aromatic heterocycles. The molecule has 0 radical (unpaired) electrons. The fourth-order valence-electron chi connectivity index (χ4n) is 3.34. The first-order valence-corrected chi connectivity index (χ1v) is 8.90. The van der Waals surface area contributed by atoms with Crippen molar-refractivity contribution in [2.24, 2.45) is 0 Å². The summed E-state index contributed by atoms with van der Waals surface area (Å²) in [7, 11) is 0. The van der Waals surface area contributed by atoms with Gasteiger partial charge in [-0.3, -0.25) is 0 Å². The summed E-state index contributed by atoms with van der Waals surface area (Å²) in [5, 5.41) is 0. The Bertz CT molecular complexity index is 316. The van der Waals surface area contributed by atoms with Crippen LogP contribution in [0.15, 0.2) is 12.4 Å². The van der Waals surface area contributed by atoms with E-state index in [0.29, 0.717) is 15.0 Å². The molecule has 3 rings (SSSR count). The third kappa shape index (κ3) is 2.82. The zero-order valence-corrected chi connectivity index (χ0v) is 12.4. The number of aromatic nitrogens is 2. The summed E-state index contributed by atoms with van der Waals surface area (Å²) >= 11 is 0.573. The first-order valence-electron chi connectivity index (χ1n) is 7.36. The standard InChI is InChI=1S/C14H24N2Se/c1-3-7-13(8-4-1)15-11-12-16(17-15)14-9-5-2-6-10-14/h11-14H,1-10H2/q+2. The number of rotatable bonds is 2. The summed E-state index contributed by atoms with van der Waals surface area (Å²) in [5.74, 6) is 0. The minimum atomic E-state index is 0.573. The quantitative estimate of drug-likeness (QED) is 0.741. The number of hydrogen-bond acceptors (Lipinski definition) is 0. The summed E-state index contributed by atoms with van der Waals surface area (Å²) in [6, 6.07) is 1.74. The molecule has 0 atom stereocenters. The molecule has 0 spiro atoms. The van der Waals surface area contributed by atoms with E-state index in [4.69, 9.17) is 0 Å². The molecule has 2 aliphatic rings. The molecule has 2 fully saturated rings. The van der Waals surface area contributed by atoms with E-state index in [1.165, 1.54) is 64.2 Å². The van der Waals surface area contributed by atoms with E-state index in [-0.39, 0.29) is 0 Å². The third-order valence-corrected chi connectivity index (χ3v) is 6.97. The Hall–Kier alpha value is -0.141. The van der Waals surface area contributed by atoms with Gasteiger partial charge >= 0.3 is 111 Å². The van der Waals surface area contributed by atoms with Crippen LogP contribution in [0, 0.1) is 0 Å². The topological polar surface area (TPSA) is 7.76 Å². The molecule has 2 nitrogen and oxygen atoms in total. The molecule has 0 aliphatic heterocycles. The van der Waals surface area contributed by atoms with E-state index in [9.17, 15) is 0 Å². The molecule has 17 heavy (non-hydrogen) atoms. The Morgan fingerprint density at radius 2 is 1.06 bits per heavy atom. The Kier molecular flexibility index (Phi) is 3.97. The molecule has 1 aromatic rings. The number of nitrogens with zero attached hydrogens (tertiary/aromatic N) is 2. The second-order valence-electron chi connectivity index (χ2n) is 5.68. The van der Waals surface area contributed by atoms with Gasteiger partial charge in [0.05, 0.1) is 0 Å². The maximum absolute atomic E-state index is 2.67. The molecule has 0 N–H and O–H groups in total. The van der Waals surface area contributed by atoms with Gasteiger partial charge in [0, 0.05) is 0 Å².